The number of aromatic nitrogens is 2. The summed E-state index contributed by atoms with van der Waals surface area (Å²) in [6.45, 7) is 0. The van der Waals surface area contributed by atoms with E-state index in [1.807, 2.05) is 0 Å². The molecule has 2 aromatic rings. The van der Waals surface area contributed by atoms with Crippen LogP contribution >= 0.6 is 0 Å². The molecule has 0 N–H and O–H groups in total. The first-order valence-electron chi connectivity index (χ1n) is 4.63. The van der Waals surface area contributed by atoms with Crippen LogP contribution in [-0.4, -0.2) is 9.55 Å². The van der Waals surface area contributed by atoms with Crippen molar-refractivity contribution in [3.63, 3.8) is 0 Å². The Kier molecular flexibility index (Phi) is 2.46. The standard InChI is InChI=1S/C11H9F3N2/c1-16-6-5-15-10(16)8-3-2-4-9(7-8)11(12,13)14/h2-7H,1H3. The van der Waals surface area contributed by atoms with Crippen LogP contribution in [0.4, 0.5) is 13.2 Å². The van der Waals surface area contributed by atoms with Gasteiger partial charge in [0.2, 0.25) is 0 Å². The molecule has 84 valence electrons. The Labute approximate surface area is 90.4 Å². The average molecular weight is 226 g/mol. The van der Waals surface area contributed by atoms with Crippen LogP contribution in [0, 0.1) is 0 Å². The summed E-state index contributed by atoms with van der Waals surface area (Å²) in [5.74, 6) is 0.520. The molecule has 0 bridgehead atoms. The molecule has 0 atom stereocenters. The van der Waals surface area contributed by atoms with E-state index in [-0.39, 0.29) is 0 Å². The quantitative estimate of drug-likeness (QED) is 0.730. The normalized spacial score (nSPS) is 11.8. The number of rotatable bonds is 1. The second-order valence-corrected chi connectivity index (χ2v) is 3.44. The molecule has 1 aromatic carbocycles. The van der Waals surface area contributed by atoms with E-state index < -0.39 is 11.7 Å². The Morgan fingerprint density at radius 3 is 2.56 bits per heavy atom. The second-order valence-electron chi connectivity index (χ2n) is 3.44. The van der Waals surface area contributed by atoms with Crippen molar-refractivity contribution in [2.45, 2.75) is 6.18 Å². The number of alkyl halides is 3. The molecule has 0 saturated heterocycles. The molecule has 0 aliphatic rings. The summed E-state index contributed by atoms with van der Waals surface area (Å²) in [5.41, 5.74) is -0.199. The fourth-order valence-electron chi connectivity index (χ4n) is 1.48. The van der Waals surface area contributed by atoms with Gasteiger partial charge in [0.05, 0.1) is 5.56 Å². The van der Waals surface area contributed by atoms with Gasteiger partial charge in [-0.1, -0.05) is 12.1 Å². The van der Waals surface area contributed by atoms with Gasteiger partial charge in [-0.25, -0.2) is 4.98 Å². The Balaban J connectivity index is 2.49. The number of halogens is 3. The van der Waals surface area contributed by atoms with Crippen LogP contribution in [0.3, 0.4) is 0 Å². The van der Waals surface area contributed by atoms with Crippen LogP contribution in [-0.2, 0) is 13.2 Å². The van der Waals surface area contributed by atoms with Crippen molar-refractivity contribution in [1.29, 1.82) is 0 Å². The zero-order chi connectivity index (χ0) is 11.8. The van der Waals surface area contributed by atoms with Gasteiger partial charge >= 0.3 is 6.18 Å². The van der Waals surface area contributed by atoms with Gasteiger partial charge in [-0.15, -0.1) is 0 Å². The van der Waals surface area contributed by atoms with Crippen molar-refractivity contribution in [3.05, 3.63) is 42.2 Å². The molecule has 0 aliphatic carbocycles. The third-order valence-corrected chi connectivity index (χ3v) is 2.27. The van der Waals surface area contributed by atoms with Crippen LogP contribution in [0.15, 0.2) is 36.7 Å². The number of benzene rings is 1. The molecule has 2 nitrogen and oxygen atoms in total. The van der Waals surface area contributed by atoms with E-state index in [0.29, 0.717) is 11.4 Å². The van der Waals surface area contributed by atoms with Gasteiger partial charge in [-0.2, -0.15) is 13.2 Å². The van der Waals surface area contributed by atoms with Gasteiger partial charge < -0.3 is 4.57 Å². The lowest BCUT2D eigenvalue weighted by atomic mass is 10.1. The summed E-state index contributed by atoms with van der Waals surface area (Å²) in [6, 6.07) is 5.14. The number of nitrogens with zero attached hydrogens (tertiary/aromatic N) is 2. The molecule has 0 radical (unpaired) electrons. The third-order valence-electron chi connectivity index (χ3n) is 2.27. The SMILES string of the molecule is Cn1ccnc1-c1cccc(C(F)(F)F)c1. The molecular formula is C11H9F3N2. The van der Waals surface area contributed by atoms with Gasteiger partial charge in [0, 0.05) is 25.0 Å². The zero-order valence-corrected chi connectivity index (χ0v) is 8.49. The number of imidazole rings is 1. The fraction of sp³-hybridized carbons (Fsp3) is 0.182. The first-order valence-corrected chi connectivity index (χ1v) is 4.63. The smallest absolute Gasteiger partial charge is 0.334 e. The number of aryl methyl sites for hydroxylation is 1. The summed E-state index contributed by atoms with van der Waals surface area (Å²) >= 11 is 0. The maximum atomic E-state index is 12.5. The Morgan fingerprint density at radius 1 is 1.25 bits per heavy atom. The zero-order valence-electron chi connectivity index (χ0n) is 8.49. The molecule has 0 spiro atoms. The summed E-state index contributed by atoms with van der Waals surface area (Å²) in [5, 5.41) is 0. The second kappa shape index (κ2) is 3.66. The Hall–Kier alpha value is -1.78. The first-order chi connectivity index (χ1) is 7.48. The minimum Gasteiger partial charge on any atom is -0.334 e. The van der Waals surface area contributed by atoms with E-state index in [9.17, 15) is 13.2 Å². The van der Waals surface area contributed by atoms with E-state index in [1.54, 1.807) is 30.1 Å². The summed E-state index contributed by atoms with van der Waals surface area (Å²) < 4.78 is 39.1. The minimum absolute atomic E-state index is 0.460. The lowest BCUT2D eigenvalue weighted by molar-refractivity contribution is -0.137. The van der Waals surface area contributed by atoms with E-state index in [4.69, 9.17) is 0 Å². The van der Waals surface area contributed by atoms with E-state index >= 15 is 0 Å². The lowest BCUT2D eigenvalue weighted by Crippen LogP contribution is -2.05. The third kappa shape index (κ3) is 1.93. The minimum atomic E-state index is -4.32. The predicted octanol–water partition coefficient (Wildman–Crippen LogP) is 3.11. The molecule has 0 amide bonds. The average Bonchev–Trinajstić information content (AvgIpc) is 2.63. The van der Waals surface area contributed by atoms with Crippen molar-refractivity contribution in [3.8, 4) is 11.4 Å². The van der Waals surface area contributed by atoms with Crippen LogP contribution in [0.2, 0.25) is 0 Å². The highest BCUT2D eigenvalue weighted by atomic mass is 19.4. The maximum Gasteiger partial charge on any atom is 0.416 e. The van der Waals surface area contributed by atoms with Gasteiger partial charge in [0.1, 0.15) is 5.82 Å². The van der Waals surface area contributed by atoms with Gasteiger partial charge in [0.25, 0.3) is 0 Å². The van der Waals surface area contributed by atoms with Crippen molar-refractivity contribution in [2.24, 2.45) is 7.05 Å². The van der Waals surface area contributed by atoms with E-state index in [1.165, 1.54) is 6.07 Å². The molecular weight excluding hydrogens is 217 g/mol. The fourth-order valence-corrected chi connectivity index (χ4v) is 1.48. The van der Waals surface area contributed by atoms with Gasteiger partial charge in [-0.05, 0) is 12.1 Å². The van der Waals surface area contributed by atoms with Gasteiger partial charge in [0.15, 0.2) is 0 Å². The maximum absolute atomic E-state index is 12.5. The molecule has 1 heterocycles. The highest BCUT2D eigenvalue weighted by molar-refractivity contribution is 5.56. The molecule has 16 heavy (non-hydrogen) atoms. The molecule has 2 rings (SSSR count). The topological polar surface area (TPSA) is 17.8 Å². The molecule has 0 fully saturated rings. The summed E-state index contributed by atoms with van der Waals surface area (Å²) in [6.07, 6.45) is -1.08. The van der Waals surface area contributed by atoms with Crippen LogP contribution in [0.25, 0.3) is 11.4 Å². The summed E-state index contributed by atoms with van der Waals surface area (Å²) in [4.78, 5) is 4.00. The largest absolute Gasteiger partial charge is 0.416 e. The molecule has 5 heteroatoms. The van der Waals surface area contributed by atoms with E-state index in [2.05, 4.69) is 4.98 Å². The van der Waals surface area contributed by atoms with Crippen molar-refractivity contribution in [1.82, 2.24) is 9.55 Å². The molecule has 0 aliphatic heterocycles. The highest BCUT2D eigenvalue weighted by Crippen LogP contribution is 2.31. The van der Waals surface area contributed by atoms with E-state index in [0.717, 1.165) is 12.1 Å². The Bertz CT molecular complexity index is 500. The number of hydrogen-bond donors (Lipinski definition) is 0. The van der Waals surface area contributed by atoms with Crippen molar-refractivity contribution < 1.29 is 13.2 Å². The summed E-state index contributed by atoms with van der Waals surface area (Å²) in [7, 11) is 1.74. The Morgan fingerprint density at radius 2 is 2.00 bits per heavy atom. The molecule has 1 aromatic heterocycles. The van der Waals surface area contributed by atoms with Crippen LogP contribution in [0.5, 0.6) is 0 Å². The predicted molar refractivity (Wildman–Crippen MR) is 53.6 cm³/mol. The molecule has 0 unspecified atom stereocenters. The van der Waals surface area contributed by atoms with Crippen molar-refractivity contribution in [2.75, 3.05) is 0 Å². The lowest BCUT2D eigenvalue weighted by Gasteiger charge is -2.08. The molecule has 0 saturated carbocycles. The monoisotopic (exact) mass is 226 g/mol. The van der Waals surface area contributed by atoms with Crippen LogP contribution in [0.1, 0.15) is 5.56 Å². The van der Waals surface area contributed by atoms with Gasteiger partial charge in [-0.3, -0.25) is 0 Å². The first kappa shape index (κ1) is 10.7. The number of hydrogen-bond acceptors (Lipinski definition) is 1. The van der Waals surface area contributed by atoms with Crippen molar-refractivity contribution >= 4 is 0 Å². The highest BCUT2D eigenvalue weighted by Gasteiger charge is 2.30. The van der Waals surface area contributed by atoms with Crippen LogP contribution < -0.4 is 0 Å².